The second-order valence-electron chi connectivity index (χ2n) is 2.91. The van der Waals surface area contributed by atoms with E-state index in [1.165, 1.54) is 0 Å². The van der Waals surface area contributed by atoms with Crippen LogP contribution in [0.25, 0.3) is 0 Å². The minimum Gasteiger partial charge on any atom is -0.318 e. The van der Waals surface area contributed by atoms with Crippen molar-refractivity contribution in [1.82, 2.24) is 0 Å². The molecule has 0 heterocycles. The van der Waals surface area contributed by atoms with Crippen molar-refractivity contribution in [1.29, 1.82) is 0 Å². The van der Waals surface area contributed by atoms with E-state index in [1.54, 1.807) is 12.1 Å². The van der Waals surface area contributed by atoms with Gasteiger partial charge < -0.3 is 5.73 Å². The number of nitrogens with two attached hydrogens (primary N) is 1. The predicted octanol–water partition coefficient (Wildman–Crippen LogP) is 3.08. The van der Waals surface area contributed by atoms with Crippen LogP contribution < -0.4 is 5.73 Å². The lowest BCUT2D eigenvalue weighted by Gasteiger charge is -1.97. The molecule has 0 aromatic heterocycles. The fourth-order valence-corrected chi connectivity index (χ4v) is 1.15. The molecule has 0 radical (unpaired) electrons. The molecule has 0 saturated heterocycles. The summed E-state index contributed by atoms with van der Waals surface area (Å²) in [5.74, 6) is 5.87. The SMILES string of the molecule is CCC(N)C#Cc1ccc(Cl)c(Cl)c1. The Balaban J connectivity index is 2.86. The van der Waals surface area contributed by atoms with Crippen LogP contribution in [-0.2, 0) is 0 Å². The molecule has 0 spiro atoms. The van der Waals surface area contributed by atoms with E-state index in [9.17, 15) is 0 Å². The van der Waals surface area contributed by atoms with Gasteiger partial charge in [0.05, 0.1) is 16.1 Å². The molecule has 0 aliphatic carbocycles. The van der Waals surface area contributed by atoms with Gasteiger partial charge in [-0.3, -0.25) is 0 Å². The third-order valence-electron chi connectivity index (χ3n) is 1.76. The molecule has 3 heteroatoms. The van der Waals surface area contributed by atoms with E-state index in [4.69, 9.17) is 28.9 Å². The van der Waals surface area contributed by atoms with E-state index >= 15 is 0 Å². The van der Waals surface area contributed by atoms with Crippen LogP contribution in [0, 0.1) is 11.8 Å². The molecule has 1 nitrogen and oxygen atoms in total. The maximum absolute atomic E-state index is 5.83. The van der Waals surface area contributed by atoms with Crippen molar-refractivity contribution in [2.24, 2.45) is 5.73 Å². The molecule has 0 saturated carbocycles. The minimum atomic E-state index is -0.0792. The molecule has 0 fully saturated rings. The van der Waals surface area contributed by atoms with E-state index < -0.39 is 0 Å². The van der Waals surface area contributed by atoms with Crippen molar-refractivity contribution in [3.05, 3.63) is 33.8 Å². The van der Waals surface area contributed by atoms with Crippen LogP contribution in [0.2, 0.25) is 10.0 Å². The summed E-state index contributed by atoms with van der Waals surface area (Å²) in [7, 11) is 0. The van der Waals surface area contributed by atoms with Gasteiger partial charge in [0.15, 0.2) is 0 Å². The highest BCUT2D eigenvalue weighted by molar-refractivity contribution is 6.42. The lowest BCUT2D eigenvalue weighted by atomic mass is 10.2. The van der Waals surface area contributed by atoms with Gasteiger partial charge in [0.2, 0.25) is 0 Å². The Kier molecular flexibility index (Phi) is 4.28. The van der Waals surface area contributed by atoms with Crippen LogP contribution >= 0.6 is 23.2 Å². The second kappa shape index (κ2) is 5.26. The van der Waals surface area contributed by atoms with E-state index in [0.29, 0.717) is 10.0 Å². The summed E-state index contributed by atoms with van der Waals surface area (Å²) in [4.78, 5) is 0. The van der Waals surface area contributed by atoms with E-state index in [1.807, 2.05) is 13.0 Å². The first-order valence-corrected chi connectivity index (χ1v) is 5.11. The summed E-state index contributed by atoms with van der Waals surface area (Å²) in [6, 6.07) is 5.21. The third-order valence-corrected chi connectivity index (χ3v) is 2.50. The number of halogens is 2. The molecule has 0 amide bonds. The monoisotopic (exact) mass is 227 g/mol. The first-order chi connectivity index (χ1) is 6.63. The van der Waals surface area contributed by atoms with Gasteiger partial charge in [0.1, 0.15) is 0 Å². The number of hydrogen-bond donors (Lipinski definition) is 1. The van der Waals surface area contributed by atoms with Gasteiger partial charge in [-0.15, -0.1) is 0 Å². The van der Waals surface area contributed by atoms with Crippen LogP contribution in [0.15, 0.2) is 18.2 Å². The van der Waals surface area contributed by atoms with Gasteiger partial charge in [-0.2, -0.15) is 0 Å². The van der Waals surface area contributed by atoms with Gasteiger partial charge in [0.25, 0.3) is 0 Å². The van der Waals surface area contributed by atoms with Crippen LogP contribution in [0.5, 0.6) is 0 Å². The Labute approximate surface area is 94.2 Å². The Bertz CT molecular complexity index is 377. The summed E-state index contributed by atoms with van der Waals surface area (Å²) in [6.07, 6.45) is 0.842. The van der Waals surface area contributed by atoms with Crippen molar-refractivity contribution in [2.45, 2.75) is 19.4 Å². The Morgan fingerprint density at radius 1 is 1.36 bits per heavy atom. The first kappa shape index (κ1) is 11.4. The molecule has 74 valence electrons. The molecular formula is C11H11Cl2N. The molecule has 0 aliphatic heterocycles. The molecular weight excluding hydrogens is 217 g/mol. The van der Waals surface area contributed by atoms with Crippen LogP contribution in [-0.4, -0.2) is 6.04 Å². The van der Waals surface area contributed by atoms with E-state index in [2.05, 4.69) is 11.8 Å². The second-order valence-corrected chi connectivity index (χ2v) is 3.73. The van der Waals surface area contributed by atoms with E-state index in [-0.39, 0.29) is 6.04 Å². The smallest absolute Gasteiger partial charge is 0.0665 e. The minimum absolute atomic E-state index is 0.0792. The molecule has 0 aliphatic rings. The number of rotatable bonds is 1. The fourth-order valence-electron chi connectivity index (χ4n) is 0.852. The quantitative estimate of drug-likeness (QED) is 0.734. The predicted molar refractivity (Wildman–Crippen MR) is 61.6 cm³/mol. The van der Waals surface area contributed by atoms with Crippen molar-refractivity contribution < 1.29 is 0 Å². The zero-order chi connectivity index (χ0) is 10.6. The van der Waals surface area contributed by atoms with Gasteiger partial charge in [-0.25, -0.2) is 0 Å². The highest BCUT2D eigenvalue weighted by Gasteiger charge is 1.97. The molecule has 1 unspecified atom stereocenters. The Morgan fingerprint density at radius 3 is 2.64 bits per heavy atom. The van der Waals surface area contributed by atoms with Crippen LogP contribution in [0.1, 0.15) is 18.9 Å². The highest BCUT2D eigenvalue weighted by Crippen LogP contribution is 2.21. The molecule has 14 heavy (non-hydrogen) atoms. The molecule has 1 aromatic rings. The first-order valence-electron chi connectivity index (χ1n) is 4.35. The third kappa shape index (κ3) is 3.23. The summed E-state index contributed by atoms with van der Waals surface area (Å²) in [5, 5.41) is 1.06. The maximum Gasteiger partial charge on any atom is 0.0665 e. The topological polar surface area (TPSA) is 26.0 Å². The lowest BCUT2D eigenvalue weighted by Crippen LogP contribution is -2.15. The summed E-state index contributed by atoms with van der Waals surface area (Å²) >= 11 is 11.6. The number of benzene rings is 1. The van der Waals surface area contributed by atoms with Crippen LogP contribution in [0.3, 0.4) is 0 Å². The van der Waals surface area contributed by atoms with Crippen LogP contribution in [0.4, 0.5) is 0 Å². The van der Waals surface area contributed by atoms with Crippen molar-refractivity contribution in [2.75, 3.05) is 0 Å². The average Bonchev–Trinajstić information content (AvgIpc) is 2.19. The van der Waals surface area contributed by atoms with Crippen molar-refractivity contribution in [3.8, 4) is 11.8 Å². The molecule has 1 atom stereocenters. The zero-order valence-corrected chi connectivity index (χ0v) is 9.36. The Morgan fingerprint density at radius 2 is 2.07 bits per heavy atom. The molecule has 2 N–H and O–H groups in total. The Hall–Kier alpha value is -0.680. The highest BCUT2D eigenvalue weighted by atomic mass is 35.5. The molecule has 1 aromatic carbocycles. The van der Waals surface area contributed by atoms with E-state index in [0.717, 1.165) is 12.0 Å². The van der Waals surface area contributed by atoms with Gasteiger partial charge in [-0.1, -0.05) is 42.0 Å². The maximum atomic E-state index is 5.83. The summed E-state index contributed by atoms with van der Waals surface area (Å²) in [6.45, 7) is 1.99. The van der Waals surface area contributed by atoms with Crippen molar-refractivity contribution in [3.63, 3.8) is 0 Å². The number of hydrogen-bond acceptors (Lipinski definition) is 1. The summed E-state index contributed by atoms with van der Waals surface area (Å²) < 4.78 is 0. The van der Waals surface area contributed by atoms with Gasteiger partial charge in [-0.05, 0) is 24.6 Å². The standard InChI is InChI=1S/C11H11Cl2N/c1-2-9(14)5-3-8-4-6-10(12)11(13)7-8/h4,6-7,9H,2,14H2,1H3. The molecule has 0 bridgehead atoms. The van der Waals surface area contributed by atoms with Gasteiger partial charge >= 0.3 is 0 Å². The normalized spacial score (nSPS) is 11.7. The lowest BCUT2D eigenvalue weighted by molar-refractivity contribution is 0.806. The zero-order valence-electron chi connectivity index (χ0n) is 7.85. The molecule has 1 rings (SSSR count). The summed E-state index contributed by atoms with van der Waals surface area (Å²) in [5.41, 5.74) is 6.49. The average molecular weight is 228 g/mol. The van der Waals surface area contributed by atoms with Crippen molar-refractivity contribution >= 4 is 23.2 Å². The van der Waals surface area contributed by atoms with Gasteiger partial charge in [0, 0.05) is 5.56 Å². The fraction of sp³-hybridized carbons (Fsp3) is 0.273. The largest absolute Gasteiger partial charge is 0.318 e.